The van der Waals surface area contributed by atoms with Gasteiger partial charge in [0.2, 0.25) is 5.91 Å². The van der Waals surface area contributed by atoms with E-state index in [-0.39, 0.29) is 23.7 Å². The van der Waals surface area contributed by atoms with Crippen molar-refractivity contribution in [2.45, 2.75) is 26.3 Å². The van der Waals surface area contributed by atoms with E-state index in [0.29, 0.717) is 34.9 Å². The maximum atomic E-state index is 12.1. The number of benzene rings is 2. The van der Waals surface area contributed by atoms with Gasteiger partial charge in [0.1, 0.15) is 0 Å². The fourth-order valence-electron chi connectivity index (χ4n) is 2.78. The van der Waals surface area contributed by atoms with E-state index >= 15 is 0 Å². The summed E-state index contributed by atoms with van der Waals surface area (Å²) in [7, 11) is 0. The van der Waals surface area contributed by atoms with E-state index in [1.165, 1.54) is 17.7 Å². The molecule has 1 heterocycles. The van der Waals surface area contributed by atoms with Gasteiger partial charge in [0.25, 0.3) is 5.56 Å². The number of hydrogen-bond acceptors (Lipinski definition) is 4. The maximum Gasteiger partial charge on any atom is 0.266 e. The lowest BCUT2D eigenvalue weighted by Crippen LogP contribution is -2.23. The highest BCUT2D eigenvalue weighted by Gasteiger charge is 2.07. The topological polar surface area (TPSA) is 81.1 Å². The van der Waals surface area contributed by atoms with E-state index in [9.17, 15) is 14.4 Å². The number of anilines is 1. The smallest absolute Gasteiger partial charge is 0.266 e. The molecule has 148 valence electrons. The Morgan fingerprint density at radius 3 is 2.34 bits per heavy atom. The molecule has 0 unspecified atom stereocenters. The number of nitrogens with one attached hydrogen (secondary N) is 1. The molecule has 0 spiro atoms. The number of aromatic nitrogens is 2. The molecule has 3 rings (SSSR count). The third kappa shape index (κ3) is 5.62. The minimum atomic E-state index is -0.219. The first-order chi connectivity index (χ1) is 13.9. The molecule has 7 heteroatoms. The summed E-state index contributed by atoms with van der Waals surface area (Å²) in [6, 6.07) is 17.1. The Morgan fingerprint density at radius 1 is 1.00 bits per heavy atom. The lowest BCUT2D eigenvalue weighted by Gasteiger charge is -2.08. The monoisotopic (exact) mass is 409 g/mol. The number of carbonyl (C=O) groups is 2. The Hall–Kier alpha value is -3.25. The van der Waals surface area contributed by atoms with E-state index in [0.717, 1.165) is 5.56 Å². The summed E-state index contributed by atoms with van der Waals surface area (Å²) in [4.78, 5) is 35.5. The van der Waals surface area contributed by atoms with Crippen LogP contribution in [-0.2, 0) is 11.3 Å². The standard InChI is InChI=1S/C22H20ClN3O3/c1-15(27)16-6-10-19(11-7-16)24-21(28)3-2-14-26-22(29)13-12-20(25-26)17-4-8-18(23)9-5-17/h4-13H,2-3,14H2,1H3,(H,24,28). The molecule has 0 aliphatic rings. The highest BCUT2D eigenvalue weighted by molar-refractivity contribution is 6.30. The van der Waals surface area contributed by atoms with Crippen molar-refractivity contribution in [3.8, 4) is 11.3 Å². The molecule has 0 saturated carbocycles. The number of carbonyl (C=O) groups excluding carboxylic acids is 2. The Bertz CT molecular complexity index is 1070. The molecule has 0 fully saturated rings. The van der Waals surface area contributed by atoms with Gasteiger partial charge < -0.3 is 5.32 Å². The highest BCUT2D eigenvalue weighted by Crippen LogP contribution is 2.18. The van der Waals surface area contributed by atoms with Crippen LogP contribution in [0, 0.1) is 0 Å². The minimum Gasteiger partial charge on any atom is -0.326 e. The fourth-order valence-corrected chi connectivity index (χ4v) is 2.91. The molecule has 0 saturated heterocycles. The van der Waals surface area contributed by atoms with Crippen LogP contribution in [0.2, 0.25) is 5.02 Å². The van der Waals surface area contributed by atoms with Crippen molar-refractivity contribution in [3.63, 3.8) is 0 Å². The Labute approximate surface area is 173 Å². The van der Waals surface area contributed by atoms with Crippen molar-refractivity contribution >= 4 is 29.0 Å². The van der Waals surface area contributed by atoms with Crippen molar-refractivity contribution in [1.29, 1.82) is 0 Å². The van der Waals surface area contributed by atoms with Gasteiger partial charge in [-0.15, -0.1) is 0 Å². The van der Waals surface area contributed by atoms with Crippen molar-refractivity contribution in [1.82, 2.24) is 9.78 Å². The van der Waals surface area contributed by atoms with Gasteiger partial charge in [-0.1, -0.05) is 23.7 Å². The summed E-state index contributed by atoms with van der Waals surface area (Å²) >= 11 is 5.90. The molecule has 0 atom stereocenters. The van der Waals surface area contributed by atoms with Gasteiger partial charge in [-0.05, 0) is 55.8 Å². The second-order valence-electron chi connectivity index (χ2n) is 6.57. The van der Waals surface area contributed by atoms with Crippen LogP contribution in [0.4, 0.5) is 5.69 Å². The fraction of sp³-hybridized carbons (Fsp3) is 0.182. The van der Waals surface area contributed by atoms with Crippen LogP contribution >= 0.6 is 11.6 Å². The summed E-state index contributed by atoms with van der Waals surface area (Å²) in [6.45, 7) is 1.82. The molecule has 2 aromatic carbocycles. The first-order valence-corrected chi connectivity index (χ1v) is 9.55. The van der Waals surface area contributed by atoms with Crippen LogP contribution in [0.15, 0.2) is 65.5 Å². The molecule has 0 bridgehead atoms. The summed E-state index contributed by atoms with van der Waals surface area (Å²) in [5.74, 6) is -0.191. The zero-order valence-electron chi connectivity index (χ0n) is 15.9. The van der Waals surface area contributed by atoms with Crippen LogP contribution in [0.5, 0.6) is 0 Å². The van der Waals surface area contributed by atoms with Crippen molar-refractivity contribution < 1.29 is 9.59 Å². The van der Waals surface area contributed by atoms with E-state index < -0.39 is 0 Å². The van der Waals surface area contributed by atoms with E-state index in [4.69, 9.17) is 11.6 Å². The van der Waals surface area contributed by atoms with Gasteiger partial charge in [-0.25, -0.2) is 4.68 Å². The molecule has 0 aliphatic heterocycles. The van der Waals surface area contributed by atoms with Gasteiger partial charge in [-0.3, -0.25) is 14.4 Å². The second kappa shape index (κ2) is 9.30. The van der Waals surface area contributed by atoms with E-state index in [2.05, 4.69) is 10.4 Å². The molecule has 1 N–H and O–H groups in total. The summed E-state index contributed by atoms with van der Waals surface area (Å²) in [5.41, 5.74) is 2.52. The molecule has 1 aromatic heterocycles. The first kappa shape index (κ1) is 20.5. The number of amides is 1. The van der Waals surface area contributed by atoms with Gasteiger partial charge in [-0.2, -0.15) is 5.10 Å². The molecular formula is C22H20ClN3O3. The number of hydrogen-bond donors (Lipinski definition) is 1. The van der Waals surface area contributed by atoms with Crippen LogP contribution in [-0.4, -0.2) is 21.5 Å². The Balaban J connectivity index is 1.57. The Morgan fingerprint density at radius 2 is 1.69 bits per heavy atom. The van der Waals surface area contributed by atoms with Crippen LogP contribution in [0.1, 0.15) is 30.1 Å². The van der Waals surface area contributed by atoms with Crippen LogP contribution in [0.25, 0.3) is 11.3 Å². The number of halogens is 1. The summed E-state index contributed by atoms with van der Waals surface area (Å²) < 4.78 is 1.36. The number of nitrogens with zero attached hydrogens (tertiary/aromatic N) is 2. The van der Waals surface area contributed by atoms with Crippen molar-refractivity contribution in [2.24, 2.45) is 0 Å². The summed E-state index contributed by atoms with van der Waals surface area (Å²) in [6.07, 6.45) is 0.710. The lowest BCUT2D eigenvalue weighted by atomic mass is 10.1. The highest BCUT2D eigenvalue weighted by atomic mass is 35.5. The predicted molar refractivity (Wildman–Crippen MR) is 113 cm³/mol. The average Bonchev–Trinajstić information content (AvgIpc) is 2.70. The van der Waals surface area contributed by atoms with Crippen LogP contribution in [0.3, 0.4) is 0 Å². The zero-order chi connectivity index (χ0) is 20.8. The molecule has 0 radical (unpaired) electrons. The Kier molecular flexibility index (Phi) is 6.57. The maximum absolute atomic E-state index is 12.1. The number of aryl methyl sites for hydroxylation is 1. The summed E-state index contributed by atoms with van der Waals surface area (Å²) in [5, 5.41) is 7.79. The third-order valence-corrected chi connectivity index (χ3v) is 4.61. The zero-order valence-corrected chi connectivity index (χ0v) is 16.6. The normalized spacial score (nSPS) is 10.6. The molecular weight excluding hydrogens is 390 g/mol. The first-order valence-electron chi connectivity index (χ1n) is 9.17. The van der Waals surface area contributed by atoms with Gasteiger partial charge in [0.15, 0.2) is 5.78 Å². The molecule has 0 aliphatic carbocycles. The van der Waals surface area contributed by atoms with E-state index in [1.54, 1.807) is 42.5 Å². The molecule has 6 nitrogen and oxygen atoms in total. The number of Topliss-reactive ketones (excluding diaryl/α,β-unsaturated/α-hetero) is 1. The number of ketones is 1. The van der Waals surface area contributed by atoms with Crippen LogP contribution < -0.4 is 10.9 Å². The molecule has 1 amide bonds. The van der Waals surface area contributed by atoms with E-state index in [1.807, 2.05) is 12.1 Å². The lowest BCUT2D eigenvalue weighted by molar-refractivity contribution is -0.116. The quantitative estimate of drug-likeness (QED) is 0.593. The third-order valence-electron chi connectivity index (χ3n) is 4.36. The van der Waals surface area contributed by atoms with Crippen molar-refractivity contribution in [3.05, 3.63) is 81.6 Å². The average molecular weight is 410 g/mol. The van der Waals surface area contributed by atoms with Crippen molar-refractivity contribution in [2.75, 3.05) is 5.32 Å². The second-order valence-corrected chi connectivity index (χ2v) is 7.01. The largest absolute Gasteiger partial charge is 0.326 e. The predicted octanol–water partition coefficient (Wildman–Crippen LogP) is 4.19. The molecule has 3 aromatic rings. The SMILES string of the molecule is CC(=O)c1ccc(NC(=O)CCCn2nc(-c3ccc(Cl)cc3)ccc2=O)cc1. The van der Waals surface area contributed by atoms with Gasteiger partial charge in [0.05, 0.1) is 5.69 Å². The van der Waals surface area contributed by atoms with Gasteiger partial charge >= 0.3 is 0 Å². The number of rotatable bonds is 7. The van der Waals surface area contributed by atoms with Gasteiger partial charge in [0, 0.05) is 40.9 Å². The molecule has 29 heavy (non-hydrogen) atoms. The minimum absolute atomic E-state index is 0.0263.